The molecule has 0 radical (unpaired) electrons. The number of esters is 1. The smallest absolute Gasteiger partial charge is 0.313 e. The van der Waals surface area contributed by atoms with E-state index in [-0.39, 0.29) is 37.5 Å². The van der Waals surface area contributed by atoms with Gasteiger partial charge in [0.25, 0.3) is 5.91 Å². The van der Waals surface area contributed by atoms with Crippen molar-refractivity contribution < 1.29 is 33.7 Å². The highest BCUT2D eigenvalue weighted by atomic mass is 16.6. The van der Waals surface area contributed by atoms with E-state index in [1.165, 1.54) is 11.0 Å². The first-order valence-electron chi connectivity index (χ1n) is 14.1. The third-order valence-corrected chi connectivity index (χ3v) is 8.76. The van der Waals surface area contributed by atoms with Crippen molar-refractivity contribution in [3.05, 3.63) is 49.6 Å². The van der Waals surface area contributed by atoms with Crippen LogP contribution in [0.5, 0.6) is 5.75 Å². The Hall–Kier alpha value is -3.17. The first-order chi connectivity index (χ1) is 19.1. The van der Waals surface area contributed by atoms with E-state index in [2.05, 4.69) is 13.2 Å². The minimum absolute atomic E-state index is 0.0201. The number of aliphatic hydroxyl groups excluding tert-OH is 1. The molecule has 4 rings (SSSR count). The molecule has 0 aliphatic carbocycles. The van der Waals surface area contributed by atoms with Gasteiger partial charge in [0.05, 0.1) is 31.3 Å². The molecule has 3 aliphatic heterocycles. The van der Waals surface area contributed by atoms with E-state index in [4.69, 9.17) is 14.2 Å². The van der Waals surface area contributed by atoms with Gasteiger partial charge in [0.15, 0.2) is 0 Å². The van der Waals surface area contributed by atoms with E-state index in [1.54, 1.807) is 42.4 Å². The summed E-state index contributed by atoms with van der Waals surface area (Å²) >= 11 is 0. The fourth-order valence-electron chi connectivity index (χ4n) is 7.10. The van der Waals surface area contributed by atoms with Gasteiger partial charge in [0.2, 0.25) is 5.91 Å². The van der Waals surface area contributed by atoms with Gasteiger partial charge < -0.3 is 29.1 Å². The summed E-state index contributed by atoms with van der Waals surface area (Å²) in [6.07, 6.45) is 5.07. The van der Waals surface area contributed by atoms with E-state index in [0.29, 0.717) is 37.1 Å². The van der Waals surface area contributed by atoms with Crippen molar-refractivity contribution in [3.8, 4) is 5.75 Å². The average Bonchev–Trinajstić information content (AvgIpc) is 3.56. The number of anilines is 1. The van der Waals surface area contributed by atoms with Crippen LogP contribution in [0.25, 0.3) is 0 Å². The van der Waals surface area contributed by atoms with Gasteiger partial charge in [-0.3, -0.25) is 14.4 Å². The summed E-state index contributed by atoms with van der Waals surface area (Å²) < 4.78 is 17.6. The number of fused-ring (bicyclic) bond motifs is 1. The predicted molar refractivity (Wildman–Crippen MR) is 151 cm³/mol. The van der Waals surface area contributed by atoms with Crippen molar-refractivity contribution in [2.45, 2.75) is 69.7 Å². The Balaban J connectivity index is 1.85. The van der Waals surface area contributed by atoms with E-state index < -0.39 is 41.1 Å². The maximum atomic E-state index is 14.7. The summed E-state index contributed by atoms with van der Waals surface area (Å²) in [4.78, 5) is 45.7. The maximum Gasteiger partial charge on any atom is 0.313 e. The number of carbonyl (C=O) groups excluding carboxylic acids is 3. The summed E-state index contributed by atoms with van der Waals surface area (Å²) in [7, 11) is 1.57. The molecule has 40 heavy (non-hydrogen) atoms. The molecule has 3 saturated heterocycles. The predicted octanol–water partition coefficient (Wildman–Crippen LogP) is 3.51. The number of hydrogen-bond donors (Lipinski definition) is 1. The molecule has 9 heteroatoms. The summed E-state index contributed by atoms with van der Waals surface area (Å²) in [6.45, 7) is 13.3. The Morgan fingerprint density at radius 1 is 1.23 bits per heavy atom. The monoisotopic (exact) mass is 554 g/mol. The van der Waals surface area contributed by atoms with Crippen molar-refractivity contribution in [2.75, 3.05) is 31.8 Å². The molecule has 6 atom stereocenters. The lowest BCUT2D eigenvalue weighted by Gasteiger charge is -2.40. The average molecular weight is 555 g/mol. The fourth-order valence-corrected chi connectivity index (χ4v) is 7.10. The lowest BCUT2D eigenvalue weighted by atomic mass is 9.65. The van der Waals surface area contributed by atoms with Crippen LogP contribution in [0.1, 0.15) is 46.5 Å². The van der Waals surface area contributed by atoms with Gasteiger partial charge in [0, 0.05) is 12.2 Å². The molecule has 1 N–H and O–H groups in total. The Kier molecular flexibility index (Phi) is 8.75. The Bertz CT molecular complexity index is 1130. The molecule has 1 aromatic rings. The molecule has 1 spiro atoms. The lowest BCUT2D eigenvalue weighted by Crippen LogP contribution is -2.59. The summed E-state index contributed by atoms with van der Waals surface area (Å²) in [5.74, 6) is -2.15. The van der Waals surface area contributed by atoms with Gasteiger partial charge >= 0.3 is 5.97 Å². The minimum atomic E-state index is -1.22. The van der Waals surface area contributed by atoms with Crippen LogP contribution in [-0.4, -0.2) is 77.9 Å². The van der Waals surface area contributed by atoms with Gasteiger partial charge in [-0.2, -0.15) is 0 Å². The zero-order valence-electron chi connectivity index (χ0n) is 24.0. The van der Waals surface area contributed by atoms with Gasteiger partial charge in [-0.25, -0.2) is 0 Å². The number of rotatable bonds is 13. The number of aliphatic hydroxyl groups is 1. The second-order valence-corrected chi connectivity index (χ2v) is 11.4. The summed E-state index contributed by atoms with van der Waals surface area (Å²) in [5, 5.41) is 10.5. The van der Waals surface area contributed by atoms with Crippen LogP contribution >= 0.6 is 0 Å². The Labute approximate surface area is 236 Å². The topological polar surface area (TPSA) is 106 Å². The number of benzene rings is 1. The number of methoxy groups -OCH3 is 1. The van der Waals surface area contributed by atoms with Crippen LogP contribution in [0.4, 0.5) is 5.69 Å². The molecule has 3 aliphatic rings. The highest BCUT2D eigenvalue weighted by Crippen LogP contribution is 2.65. The Morgan fingerprint density at radius 3 is 2.48 bits per heavy atom. The normalized spacial score (nSPS) is 29.3. The third kappa shape index (κ3) is 4.73. The molecule has 1 aromatic carbocycles. The van der Waals surface area contributed by atoms with E-state index in [9.17, 15) is 19.5 Å². The molecule has 2 bridgehead atoms. The zero-order chi connectivity index (χ0) is 29.2. The van der Waals surface area contributed by atoms with Crippen LogP contribution in [0.3, 0.4) is 0 Å². The van der Waals surface area contributed by atoms with Crippen LogP contribution in [-0.2, 0) is 23.9 Å². The molecule has 2 unspecified atom stereocenters. The quantitative estimate of drug-likeness (QED) is 0.294. The highest BCUT2D eigenvalue weighted by Gasteiger charge is 2.79. The van der Waals surface area contributed by atoms with Gasteiger partial charge in [-0.15, -0.1) is 6.58 Å². The molecule has 0 saturated carbocycles. The number of hydrogen-bond acceptors (Lipinski definition) is 7. The Morgan fingerprint density at radius 2 is 1.93 bits per heavy atom. The SMILES string of the molecule is C=CCOC(=O)[C@H]1[C@H]2C(=O)N([C@@H](CO)CC(C)C)C(C(=O)N(CC=C)c3ccc(OC)cc3)C23CC[C@]1(CC)O3. The number of carbonyl (C=O) groups is 3. The number of amides is 2. The maximum absolute atomic E-state index is 14.7. The molecule has 218 valence electrons. The van der Waals surface area contributed by atoms with E-state index >= 15 is 0 Å². The number of nitrogens with zero attached hydrogens (tertiary/aromatic N) is 2. The third-order valence-electron chi connectivity index (χ3n) is 8.76. The molecule has 9 nitrogen and oxygen atoms in total. The van der Waals surface area contributed by atoms with Crippen molar-refractivity contribution >= 4 is 23.5 Å². The van der Waals surface area contributed by atoms with Crippen LogP contribution in [0.2, 0.25) is 0 Å². The first kappa shape index (κ1) is 29.8. The van der Waals surface area contributed by atoms with Crippen molar-refractivity contribution in [1.82, 2.24) is 4.90 Å². The minimum Gasteiger partial charge on any atom is -0.497 e. The number of likely N-dealkylation sites (tertiary alicyclic amines) is 1. The summed E-state index contributed by atoms with van der Waals surface area (Å²) in [6, 6.07) is 5.44. The second-order valence-electron chi connectivity index (χ2n) is 11.4. The molecular weight excluding hydrogens is 512 g/mol. The number of ether oxygens (including phenoxy) is 3. The molecular formula is C31H42N2O7. The van der Waals surface area contributed by atoms with Crippen LogP contribution in [0.15, 0.2) is 49.6 Å². The summed E-state index contributed by atoms with van der Waals surface area (Å²) in [5.41, 5.74) is -1.51. The van der Waals surface area contributed by atoms with Gasteiger partial charge in [-0.1, -0.05) is 39.5 Å². The molecule has 3 heterocycles. The molecule has 2 amide bonds. The van der Waals surface area contributed by atoms with Crippen LogP contribution in [0, 0.1) is 17.8 Å². The van der Waals surface area contributed by atoms with E-state index in [0.717, 1.165) is 0 Å². The second kappa shape index (κ2) is 11.7. The van der Waals surface area contributed by atoms with E-state index in [1.807, 2.05) is 20.8 Å². The van der Waals surface area contributed by atoms with Crippen molar-refractivity contribution in [2.24, 2.45) is 17.8 Å². The fraction of sp³-hybridized carbons (Fsp3) is 0.581. The zero-order valence-corrected chi connectivity index (χ0v) is 24.0. The van der Waals surface area contributed by atoms with Gasteiger partial charge in [0.1, 0.15) is 29.9 Å². The van der Waals surface area contributed by atoms with Crippen LogP contribution < -0.4 is 9.64 Å². The first-order valence-corrected chi connectivity index (χ1v) is 14.1. The molecule has 0 aromatic heterocycles. The highest BCUT2D eigenvalue weighted by molar-refractivity contribution is 6.05. The van der Waals surface area contributed by atoms with Crippen molar-refractivity contribution in [1.29, 1.82) is 0 Å². The molecule has 3 fully saturated rings. The largest absolute Gasteiger partial charge is 0.497 e. The van der Waals surface area contributed by atoms with Crippen molar-refractivity contribution in [3.63, 3.8) is 0 Å². The lowest BCUT2D eigenvalue weighted by molar-refractivity contribution is -0.161. The van der Waals surface area contributed by atoms with Gasteiger partial charge in [-0.05, 0) is 55.9 Å². The standard InChI is InChI=1S/C31H42N2O7/c1-7-16-32(21-10-12-23(38-6)13-11-21)28(36)26-31-15-14-30(9-3,40-31)25(29(37)39-17-8-2)24(31)27(35)33(26)22(19-34)18-20(4)5/h7-8,10-13,20,22,24-26,34H,1-2,9,14-19H2,3-6H3/t22-,24+,25-,26?,30+,31?/m1/s1.